The Balaban J connectivity index is 2.13. The molecule has 0 N–H and O–H groups in total. The van der Waals surface area contributed by atoms with Crippen LogP contribution in [-0.4, -0.2) is 29.9 Å². The van der Waals surface area contributed by atoms with Crippen molar-refractivity contribution in [2.75, 3.05) is 11.5 Å². The molecule has 0 amide bonds. The van der Waals surface area contributed by atoms with Gasteiger partial charge in [0.05, 0.1) is 28.6 Å². The molecular formula is C12H18N2O2S. The summed E-state index contributed by atoms with van der Waals surface area (Å²) in [6.45, 7) is 3.84. The van der Waals surface area contributed by atoms with Gasteiger partial charge in [0.15, 0.2) is 9.84 Å². The van der Waals surface area contributed by atoms with Crippen LogP contribution in [0.2, 0.25) is 0 Å². The van der Waals surface area contributed by atoms with E-state index in [-0.39, 0.29) is 5.92 Å². The predicted octanol–water partition coefficient (Wildman–Crippen LogP) is 1.46. The zero-order chi connectivity index (χ0) is 12.5. The van der Waals surface area contributed by atoms with Gasteiger partial charge in [0, 0.05) is 6.20 Å². The molecule has 2 heterocycles. The second kappa shape index (κ2) is 4.72. The summed E-state index contributed by atoms with van der Waals surface area (Å²) in [5.41, 5.74) is 2.76. The van der Waals surface area contributed by atoms with Gasteiger partial charge < -0.3 is 0 Å². The number of aromatic nitrogens is 2. The largest absolute Gasteiger partial charge is 0.258 e. The van der Waals surface area contributed by atoms with Crippen molar-refractivity contribution in [3.05, 3.63) is 23.3 Å². The smallest absolute Gasteiger partial charge is 0.150 e. The van der Waals surface area contributed by atoms with Gasteiger partial charge in [-0.25, -0.2) is 8.42 Å². The van der Waals surface area contributed by atoms with Crippen LogP contribution in [0.4, 0.5) is 0 Å². The molecule has 94 valence electrons. The quantitative estimate of drug-likeness (QED) is 0.801. The lowest BCUT2D eigenvalue weighted by Gasteiger charge is -2.21. The third-order valence-corrected chi connectivity index (χ3v) is 5.10. The van der Waals surface area contributed by atoms with Crippen molar-refractivity contribution in [2.24, 2.45) is 5.92 Å². The zero-order valence-electron chi connectivity index (χ0n) is 10.3. The van der Waals surface area contributed by atoms with Crippen LogP contribution in [0.1, 0.15) is 29.9 Å². The number of nitrogens with zero attached hydrogens (tertiary/aromatic N) is 2. The summed E-state index contributed by atoms with van der Waals surface area (Å²) in [7, 11) is -2.82. The highest BCUT2D eigenvalue weighted by Crippen LogP contribution is 2.22. The van der Waals surface area contributed by atoms with E-state index in [9.17, 15) is 8.42 Å². The van der Waals surface area contributed by atoms with Crippen LogP contribution >= 0.6 is 0 Å². The number of hydrogen-bond donors (Lipinski definition) is 0. The summed E-state index contributed by atoms with van der Waals surface area (Å²) in [4.78, 5) is 8.73. The van der Waals surface area contributed by atoms with Gasteiger partial charge in [-0.05, 0) is 39.0 Å². The number of rotatable bonds is 2. The van der Waals surface area contributed by atoms with Crippen molar-refractivity contribution in [1.82, 2.24) is 9.97 Å². The highest BCUT2D eigenvalue weighted by atomic mass is 32.2. The highest BCUT2D eigenvalue weighted by molar-refractivity contribution is 7.91. The van der Waals surface area contributed by atoms with Crippen LogP contribution < -0.4 is 0 Å². The second-order valence-corrected chi connectivity index (χ2v) is 7.10. The average Bonchev–Trinajstić information content (AvgIpc) is 2.22. The van der Waals surface area contributed by atoms with Gasteiger partial charge in [0.2, 0.25) is 0 Å². The molecule has 2 rings (SSSR count). The topological polar surface area (TPSA) is 59.9 Å². The molecule has 1 aliphatic rings. The maximum Gasteiger partial charge on any atom is 0.150 e. The molecule has 0 unspecified atom stereocenters. The Morgan fingerprint density at radius 2 is 2.18 bits per heavy atom. The van der Waals surface area contributed by atoms with Gasteiger partial charge >= 0.3 is 0 Å². The summed E-state index contributed by atoms with van der Waals surface area (Å²) in [6, 6.07) is 0. The van der Waals surface area contributed by atoms with E-state index in [1.54, 1.807) is 6.20 Å². The van der Waals surface area contributed by atoms with Gasteiger partial charge in [0.1, 0.15) is 0 Å². The third-order valence-electron chi connectivity index (χ3n) is 3.21. The van der Waals surface area contributed by atoms with Crippen LogP contribution in [0.15, 0.2) is 6.20 Å². The van der Waals surface area contributed by atoms with Crippen LogP contribution in [0.25, 0.3) is 0 Å². The van der Waals surface area contributed by atoms with E-state index in [1.165, 1.54) is 0 Å². The van der Waals surface area contributed by atoms with Crippen molar-refractivity contribution in [1.29, 1.82) is 0 Å². The first-order valence-corrected chi connectivity index (χ1v) is 7.78. The molecule has 0 saturated carbocycles. The summed E-state index contributed by atoms with van der Waals surface area (Å²) < 4.78 is 23.1. The van der Waals surface area contributed by atoms with E-state index >= 15 is 0 Å². The van der Waals surface area contributed by atoms with Crippen molar-refractivity contribution in [2.45, 2.75) is 33.1 Å². The fourth-order valence-corrected chi connectivity index (χ4v) is 4.11. The molecule has 5 heteroatoms. The van der Waals surface area contributed by atoms with Crippen LogP contribution in [0, 0.1) is 19.8 Å². The van der Waals surface area contributed by atoms with Crippen LogP contribution in [0.5, 0.6) is 0 Å². The summed E-state index contributed by atoms with van der Waals surface area (Å²) in [5, 5.41) is 0. The number of hydrogen-bond acceptors (Lipinski definition) is 4. The van der Waals surface area contributed by atoms with Crippen LogP contribution in [-0.2, 0) is 16.3 Å². The van der Waals surface area contributed by atoms with Crippen molar-refractivity contribution in [3.8, 4) is 0 Å². The highest BCUT2D eigenvalue weighted by Gasteiger charge is 2.25. The van der Waals surface area contributed by atoms with Gasteiger partial charge in [-0.3, -0.25) is 9.97 Å². The molecule has 1 aromatic heterocycles. The van der Waals surface area contributed by atoms with Crippen molar-refractivity contribution >= 4 is 9.84 Å². The van der Waals surface area contributed by atoms with Gasteiger partial charge in [-0.1, -0.05) is 0 Å². The predicted molar refractivity (Wildman–Crippen MR) is 66.6 cm³/mol. The van der Waals surface area contributed by atoms with Crippen LogP contribution in [0.3, 0.4) is 0 Å². The molecule has 0 aliphatic carbocycles. The number of aryl methyl sites for hydroxylation is 2. The molecule has 1 atom stereocenters. The molecule has 0 aromatic carbocycles. The van der Waals surface area contributed by atoms with E-state index in [0.29, 0.717) is 11.5 Å². The second-order valence-electron chi connectivity index (χ2n) is 4.87. The van der Waals surface area contributed by atoms with Gasteiger partial charge in [0.25, 0.3) is 0 Å². The standard InChI is InChI=1S/C12H18N2O2S/c1-9-7-13-10(2)12(14-9)6-11-4-3-5-17(15,16)8-11/h7,11H,3-6,8H2,1-2H3/t11-/m0/s1. The zero-order valence-corrected chi connectivity index (χ0v) is 11.1. The lowest BCUT2D eigenvalue weighted by molar-refractivity contribution is 0.478. The molecule has 0 bridgehead atoms. The Bertz CT molecular complexity index is 511. The molecule has 17 heavy (non-hydrogen) atoms. The van der Waals surface area contributed by atoms with Crippen molar-refractivity contribution < 1.29 is 8.42 Å². The first-order chi connectivity index (χ1) is 7.96. The van der Waals surface area contributed by atoms with Crippen molar-refractivity contribution in [3.63, 3.8) is 0 Å². The molecule has 1 fully saturated rings. The minimum atomic E-state index is -2.82. The first-order valence-electron chi connectivity index (χ1n) is 5.96. The van der Waals surface area contributed by atoms with E-state index in [0.717, 1.165) is 36.3 Å². The lowest BCUT2D eigenvalue weighted by Crippen LogP contribution is -2.27. The van der Waals surface area contributed by atoms with E-state index in [1.807, 2.05) is 13.8 Å². The molecule has 4 nitrogen and oxygen atoms in total. The minimum Gasteiger partial charge on any atom is -0.258 e. The maximum absolute atomic E-state index is 11.6. The van der Waals surface area contributed by atoms with E-state index in [4.69, 9.17) is 0 Å². The summed E-state index contributed by atoms with van der Waals surface area (Å²) >= 11 is 0. The van der Waals surface area contributed by atoms with E-state index in [2.05, 4.69) is 9.97 Å². The normalized spacial score (nSPS) is 23.5. The number of sulfone groups is 1. The fraction of sp³-hybridized carbons (Fsp3) is 0.667. The Morgan fingerprint density at radius 1 is 1.41 bits per heavy atom. The SMILES string of the molecule is Cc1cnc(C)c(C[C@@H]2CCCS(=O)(=O)C2)n1. The maximum atomic E-state index is 11.6. The minimum absolute atomic E-state index is 0.212. The summed E-state index contributed by atoms with van der Waals surface area (Å²) in [5.74, 6) is 0.868. The average molecular weight is 254 g/mol. The molecule has 0 radical (unpaired) electrons. The Kier molecular flexibility index (Phi) is 3.47. The Labute approximate surface area is 102 Å². The van der Waals surface area contributed by atoms with Gasteiger partial charge in [-0.2, -0.15) is 0 Å². The van der Waals surface area contributed by atoms with Gasteiger partial charge in [-0.15, -0.1) is 0 Å². The Morgan fingerprint density at radius 3 is 2.88 bits per heavy atom. The van der Waals surface area contributed by atoms with E-state index < -0.39 is 9.84 Å². The summed E-state index contributed by atoms with van der Waals surface area (Å²) in [6.07, 6.45) is 4.25. The Hall–Kier alpha value is -0.970. The lowest BCUT2D eigenvalue weighted by atomic mass is 9.98. The molecule has 0 spiro atoms. The molecular weight excluding hydrogens is 236 g/mol. The monoisotopic (exact) mass is 254 g/mol. The first kappa shape index (κ1) is 12.5. The third kappa shape index (κ3) is 3.25. The molecule has 1 aromatic rings. The fourth-order valence-electron chi connectivity index (χ4n) is 2.33. The molecule has 1 saturated heterocycles. The molecule has 1 aliphatic heterocycles.